The van der Waals surface area contributed by atoms with Gasteiger partial charge in [-0.1, -0.05) is 17.7 Å². The third kappa shape index (κ3) is 1.61. The summed E-state index contributed by atoms with van der Waals surface area (Å²) in [5.74, 6) is -1.24. The summed E-state index contributed by atoms with van der Waals surface area (Å²) in [6.07, 6.45) is 0. The molecule has 0 radical (unpaired) electrons. The van der Waals surface area contributed by atoms with Gasteiger partial charge in [0, 0.05) is 18.1 Å². The third-order valence-electron chi connectivity index (χ3n) is 2.44. The largest absolute Gasteiger partial charge is 0.481 e. The van der Waals surface area contributed by atoms with E-state index < -0.39 is 11.9 Å². The molecule has 0 spiro atoms. The molecule has 0 unspecified atom stereocenters. The lowest BCUT2D eigenvalue weighted by atomic mass is 9.91. The van der Waals surface area contributed by atoms with Crippen LogP contribution in [-0.4, -0.2) is 17.6 Å². The molecule has 1 aromatic carbocycles. The first kappa shape index (κ1) is 9.49. The van der Waals surface area contributed by atoms with E-state index in [1.807, 2.05) is 6.07 Å². The topological polar surface area (TPSA) is 49.3 Å². The summed E-state index contributed by atoms with van der Waals surface area (Å²) < 4.78 is 0. The summed E-state index contributed by atoms with van der Waals surface area (Å²) in [6.45, 7) is 1.18. The second-order valence-corrected chi connectivity index (χ2v) is 3.80. The molecule has 0 fully saturated rings. The highest BCUT2D eigenvalue weighted by molar-refractivity contribution is 6.30. The zero-order valence-corrected chi connectivity index (χ0v) is 8.21. The van der Waals surface area contributed by atoms with Gasteiger partial charge >= 0.3 is 5.97 Å². The highest BCUT2D eigenvalue weighted by atomic mass is 35.5. The van der Waals surface area contributed by atoms with Crippen LogP contribution in [0.2, 0.25) is 5.02 Å². The van der Waals surface area contributed by atoms with Gasteiger partial charge in [-0.25, -0.2) is 0 Å². The van der Waals surface area contributed by atoms with Crippen LogP contribution >= 0.6 is 11.6 Å². The molecule has 1 aliphatic heterocycles. The van der Waals surface area contributed by atoms with Crippen LogP contribution in [0, 0.1) is 0 Å². The van der Waals surface area contributed by atoms with Gasteiger partial charge in [-0.3, -0.25) is 4.79 Å². The molecule has 14 heavy (non-hydrogen) atoms. The van der Waals surface area contributed by atoms with Crippen molar-refractivity contribution in [1.82, 2.24) is 5.32 Å². The molecule has 1 aliphatic rings. The van der Waals surface area contributed by atoms with E-state index in [9.17, 15) is 4.79 Å². The van der Waals surface area contributed by atoms with Crippen molar-refractivity contribution in [3.63, 3.8) is 0 Å². The average molecular weight is 212 g/mol. The van der Waals surface area contributed by atoms with Crippen LogP contribution in [0.4, 0.5) is 0 Å². The normalized spacial score (nSPS) is 20.2. The number of benzene rings is 1. The summed E-state index contributed by atoms with van der Waals surface area (Å²) in [5, 5.41) is 12.7. The van der Waals surface area contributed by atoms with E-state index in [-0.39, 0.29) is 0 Å². The lowest BCUT2D eigenvalue weighted by Crippen LogP contribution is -2.32. The van der Waals surface area contributed by atoms with Crippen molar-refractivity contribution in [3.8, 4) is 0 Å². The van der Waals surface area contributed by atoms with Crippen molar-refractivity contribution in [2.75, 3.05) is 6.54 Å². The van der Waals surface area contributed by atoms with Gasteiger partial charge in [0.15, 0.2) is 0 Å². The number of carboxylic acid groups (broad SMARTS) is 1. The smallest absolute Gasteiger partial charge is 0.312 e. The van der Waals surface area contributed by atoms with E-state index in [0.717, 1.165) is 11.1 Å². The van der Waals surface area contributed by atoms with Gasteiger partial charge in [0.05, 0.1) is 5.92 Å². The van der Waals surface area contributed by atoms with Gasteiger partial charge < -0.3 is 10.4 Å². The SMILES string of the molecule is O=C(O)[C@@H]1CNCc2cc(Cl)ccc21. The minimum atomic E-state index is -0.791. The number of hydrogen-bond donors (Lipinski definition) is 2. The van der Waals surface area contributed by atoms with Gasteiger partial charge in [-0.2, -0.15) is 0 Å². The van der Waals surface area contributed by atoms with Gasteiger partial charge in [-0.15, -0.1) is 0 Å². The zero-order valence-electron chi connectivity index (χ0n) is 7.46. The molecule has 0 saturated heterocycles. The molecule has 1 heterocycles. The number of rotatable bonds is 1. The first-order chi connectivity index (χ1) is 6.68. The van der Waals surface area contributed by atoms with Gasteiger partial charge in [0.2, 0.25) is 0 Å². The number of halogens is 1. The monoisotopic (exact) mass is 211 g/mol. The van der Waals surface area contributed by atoms with E-state index in [1.165, 1.54) is 0 Å². The number of hydrogen-bond acceptors (Lipinski definition) is 2. The van der Waals surface area contributed by atoms with Crippen LogP contribution in [0.15, 0.2) is 18.2 Å². The Morgan fingerprint density at radius 3 is 3.07 bits per heavy atom. The highest BCUT2D eigenvalue weighted by Crippen LogP contribution is 2.26. The van der Waals surface area contributed by atoms with Crippen LogP contribution in [0.3, 0.4) is 0 Å². The fourth-order valence-corrected chi connectivity index (χ4v) is 1.94. The quantitative estimate of drug-likeness (QED) is 0.742. The molecule has 3 nitrogen and oxygen atoms in total. The van der Waals surface area contributed by atoms with E-state index in [2.05, 4.69) is 5.32 Å². The fourth-order valence-electron chi connectivity index (χ4n) is 1.75. The molecule has 0 aromatic heterocycles. The van der Waals surface area contributed by atoms with Gasteiger partial charge in [0.1, 0.15) is 0 Å². The molecule has 0 saturated carbocycles. The summed E-state index contributed by atoms with van der Waals surface area (Å²) in [6, 6.07) is 5.36. The number of nitrogens with one attached hydrogen (secondary N) is 1. The second kappa shape index (κ2) is 3.59. The Morgan fingerprint density at radius 1 is 1.57 bits per heavy atom. The van der Waals surface area contributed by atoms with E-state index in [0.29, 0.717) is 18.1 Å². The van der Waals surface area contributed by atoms with Crippen LogP contribution in [-0.2, 0) is 11.3 Å². The maximum Gasteiger partial charge on any atom is 0.312 e. The highest BCUT2D eigenvalue weighted by Gasteiger charge is 2.25. The minimum absolute atomic E-state index is 0.448. The molecular formula is C10H10ClNO2. The summed E-state index contributed by atoms with van der Waals surface area (Å²) in [7, 11) is 0. The Kier molecular flexibility index (Phi) is 2.44. The van der Waals surface area contributed by atoms with E-state index in [4.69, 9.17) is 16.7 Å². The maximum absolute atomic E-state index is 10.9. The molecule has 2 rings (SSSR count). The number of fused-ring (bicyclic) bond motifs is 1. The van der Waals surface area contributed by atoms with Crippen molar-refractivity contribution in [2.45, 2.75) is 12.5 Å². The number of carbonyl (C=O) groups is 1. The van der Waals surface area contributed by atoms with Crippen LogP contribution < -0.4 is 5.32 Å². The van der Waals surface area contributed by atoms with Crippen molar-refractivity contribution < 1.29 is 9.90 Å². The molecule has 0 bridgehead atoms. The van der Waals surface area contributed by atoms with Crippen molar-refractivity contribution in [2.24, 2.45) is 0 Å². The molecular weight excluding hydrogens is 202 g/mol. The Labute approximate surface area is 86.7 Å². The Balaban J connectivity index is 2.44. The predicted octanol–water partition coefficient (Wildman–Crippen LogP) is 1.61. The molecule has 74 valence electrons. The van der Waals surface area contributed by atoms with Crippen molar-refractivity contribution in [3.05, 3.63) is 34.3 Å². The summed E-state index contributed by atoms with van der Waals surface area (Å²) >= 11 is 5.83. The molecule has 0 aliphatic carbocycles. The third-order valence-corrected chi connectivity index (χ3v) is 2.68. The fraction of sp³-hybridized carbons (Fsp3) is 0.300. The second-order valence-electron chi connectivity index (χ2n) is 3.36. The average Bonchev–Trinajstić information content (AvgIpc) is 2.16. The number of carboxylic acids is 1. The van der Waals surface area contributed by atoms with Crippen LogP contribution in [0.25, 0.3) is 0 Å². The summed E-state index contributed by atoms with van der Waals surface area (Å²) in [4.78, 5) is 10.9. The Bertz CT molecular complexity index is 378. The van der Waals surface area contributed by atoms with Crippen LogP contribution in [0.5, 0.6) is 0 Å². The van der Waals surface area contributed by atoms with Crippen LogP contribution in [0.1, 0.15) is 17.0 Å². The Morgan fingerprint density at radius 2 is 2.36 bits per heavy atom. The summed E-state index contributed by atoms with van der Waals surface area (Å²) in [5.41, 5.74) is 1.86. The first-order valence-electron chi connectivity index (χ1n) is 4.40. The van der Waals surface area contributed by atoms with Crippen molar-refractivity contribution in [1.29, 1.82) is 0 Å². The Hall–Kier alpha value is -1.06. The number of aliphatic carboxylic acids is 1. The minimum Gasteiger partial charge on any atom is -0.481 e. The molecule has 1 aromatic rings. The van der Waals surface area contributed by atoms with Gasteiger partial charge in [0.25, 0.3) is 0 Å². The van der Waals surface area contributed by atoms with E-state index in [1.54, 1.807) is 12.1 Å². The van der Waals surface area contributed by atoms with Crippen molar-refractivity contribution >= 4 is 17.6 Å². The molecule has 0 amide bonds. The zero-order chi connectivity index (χ0) is 10.1. The first-order valence-corrected chi connectivity index (χ1v) is 4.78. The predicted molar refractivity (Wildman–Crippen MR) is 53.5 cm³/mol. The maximum atomic E-state index is 10.9. The lowest BCUT2D eigenvalue weighted by molar-refractivity contribution is -0.138. The molecule has 4 heteroatoms. The lowest BCUT2D eigenvalue weighted by Gasteiger charge is -2.23. The standard InChI is InChI=1S/C10H10ClNO2/c11-7-1-2-8-6(3-7)4-12-5-9(8)10(13)14/h1-3,9,12H,4-5H2,(H,13,14)/t9-/m1/s1. The van der Waals surface area contributed by atoms with Gasteiger partial charge in [-0.05, 0) is 23.3 Å². The van der Waals surface area contributed by atoms with E-state index >= 15 is 0 Å². The molecule has 1 atom stereocenters. The molecule has 2 N–H and O–H groups in total.